The molecule has 4 rings (SSSR count). The number of likely N-dealkylation sites (tertiary alicyclic amines) is 1. The Morgan fingerprint density at radius 3 is 2.25 bits per heavy atom. The third-order valence-corrected chi connectivity index (χ3v) is 6.56. The molecule has 168 valence electrons. The van der Waals surface area contributed by atoms with Gasteiger partial charge in [-0.05, 0) is 56.4 Å². The van der Waals surface area contributed by atoms with Gasteiger partial charge in [-0.15, -0.1) is 0 Å². The molecule has 1 saturated heterocycles. The number of hydrogen-bond acceptors (Lipinski definition) is 3. The molecule has 0 aliphatic carbocycles. The van der Waals surface area contributed by atoms with Crippen molar-refractivity contribution < 1.29 is 14.4 Å². The van der Waals surface area contributed by atoms with Crippen LogP contribution >= 0.6 is 0 Å². The van der Waals surface area contributed by atoms with E-state index < -0.39 is 5.41 Å². The summed E-state index contributed by atoms with van der Waals surface area (Å²) in [5, 5.41) is 2.90. The van der Waals surface area contributed by atoms with Gasteiger partial charge in [0.15, 0.2) is 0 Å². The maximum absolute atomic E-state index is 13.8. The second-order valence-electron chi connectivity index (χ2n) is 9.27. The van der Waals surface area contributed by atoms with E-state index in [1.54, 1.807) is 4.90 Å². The lowest BCUT2D eigenvalue weighted by Crippen LogP contribution is -2.53. The molecule has 1 fully saturated rings. The van der Waals surface area contributed by atoms with Gasteiger partial charge in [-0.1, -0.05) is 42.5 Å². The van der Waals surface area contributed by atoms with Gasteiger partial charge in [0.1, 0.15) is 0 Å². The molecule has 0 aromatic heterocycles. The molecule has 1 spiro atoms. The van der Waals surface area contributed by atoms with E-state index in [9.17, 15) is 14.4 Å². The maximum Gasteiger partial charge on any atom is 0.253 e. The largest absolute Gasteiger partial charge is 0.352 e. The van der Waals surface area contributed by atoms with Gasteiger partial charge in [0, 0.05) is 31.2 Å². The molecule has 0 atom stereocenters. The van der Waals surface area contributed by atoms with E-state index >= 15 is 0 Å². The van der Waals surface area contributed by atoms with Crippen LogP contribution in [0.25, 0.3) is 0 Å². The molecule has 6 heteroatoms. The Morgan fingerprint density at radius 1 is 0.969 bits per heavy atom. The quantitative estimate of drug-likeness (QED) is 0.806. The SMILES string of the molecule is CC(C)NC(=O)CN1Cc2ccccc2CC2(CCN(C(=O)c3ccccc3)CC2)C1=O. The van der Waals surface area contributed by atoms with Crippen LogP contribution in [0.3, 0.4) is 0 Å². The molecule has 2 heterocycles. The van der Waals surface area contributed by atoms with Gasteiger partial charge in [-0.2, -0.15) is 0 Å². The van der Waals surface area contributed by atoms with E-state index in [2.05, 4.69) is 11.4 Å². The third-order valence-electron chi connectivity index (χ3n) is 6.56. The normalized spacial score (nSPS) is 17.8. The highest BCUT2D eigenvalue weighted by Crippen LogP contribution is 2.40. The molecule has 32 heavy (non-hydrogen) atoms. The highest BCUT2D eigenvalue weighted by molar-refractivity contribution is 5.94. The van der Waals surface area contributed by atoms with Crippen molar-refractivity contribution >= 4 is 17.7 Å². The van der Waals surface area contributed by atoms with Gasteiger partial charge in [-0.25, -0.2) is 0 Å². The van der Waals surface area contributed by atoms with Crippen molar-refractivity contribution in [1.29, 1.82) is 0 Å². The van der Waals surface area contributed by atoms with Crippen LogP contribution in [0.2, 0.25) is 0 Å². The van der Waals surface area contributed by atoms with Crippen LogP contribution in [0.1, 0.15) is 48.2 Å². The van der Waals surface area contributed by atoms with Crippen molar-refractivity contribution in [3.05, 3.63) is 71.3 Å². The lowest BCUT2D eigenvalue weighted by atomic mass is 9.72. The predicted octanol–water partition coefficient (Wildman–Crippen LogP) is 3.02. The summed E-state index contributed by atoms with van der Waals surface area (Å²) in [4.78, 5) is 42.8. The minimum absolute atomic E-state index is 0.00934. The summed E-state index contributed by atoms with van der Waals surface area (Å²) < 4.78 is 0. The first kappa shape index (κ1) is 22.1. The molecular weight excluding hydrogens is 402 g/mol. The molecule has 3 amide bonds. The Hall–Kier alpha value is -3.15. The number of carbonyl (C=O) groups is 3. The van der Waals surface area contributed by atoms with Crippen LogP contribution in [-0.2, 0) is 22.6 Å². The molecule has 0 bridgehead atoms. The molecule has 2 aromatic rings. The van der Waals surface area contributed by atoms with Crippen LogP contribution in [0.5, 0.6) is 0 Å². The van der Waals surface area contributed by atoms with Gasteiger partial charge >= 0.3 is 0 Å². The van der Waals surface area contributed by atoms with Crippen LogP contribution in [0.15, 0.2) is 54.6 Å². The average Bonchev–Trinajstić information content (AvgIpc) is 2.89. The Balaban J connectivity index is 1.56. The lowest BCUT2D eigenvalue weighted by molar-refractivity contribution is -0.147. The van der Waals surface area contributed by atoms with E-state index in [0.717, 1.165) is 11.1 Å². The fraction of sp³-hybridized carbons (Fsp3) is 0.423. The predicted molar refractivity (Wildman–Crippen MR) is 123 cm³/mol. The van der Waals surface area contributed by atoms with Gasteiger partial charge in [0.2, 0.25) is 11.8 Å². The van der Waals surface area contributed by atoms with Crippen LogP contribution < -0.4 is 5.32 Å². The molecule has 2 aliphatic rings. The third kappa shape index (κ3) is 4.54. The number of carbonyl (C=O) groups excluding carboxylic acids is 3. The maximum atomic E-state index is 13.8. The van der Waals surface area contributed by atoms with Crippen molar-refractivity contribution in [2.75, 3.05) is 19.6 Å². The van der Waals surface area contributed by atoms with E-state index in [1.165, 1.54) is 0 Å². The number of hydrogen-bond donors (Lipinski definition) is 1. The number of fused-ring (bicyclic) bond motifs is 1. The van der Waals surface area contributed by atoms with E-state index in [0.29, 0.717) is 44.5 Å². The van der Waals surface area contributed by atoms with E-state index in [-0.39, 0.29) is 30.3 Å². The van der Waals surface area contributed by atoms with Gasteiger partial charge in [0.25, 0.3) is 5.91 Å². The highest BCUT2D eigenvalue weighted by Gasteiger charge is 2.46. The fourth-order valence-electron chi connectivity index (χ4n) is 4.90. The van der Waals surface area contributed by atoms with Crippen LogP contribution in [0.4, 0.5) is 0 Å². The topological polar surface area (TPSA) is 69.7 Å². The lowest BCUT2D eigenvalue weighted by Gasteiger charge is -2.42. The first-order valence-corrected chi connectivity index (χ1v) is 11.4. The Morgan fingerprint density at radius 2 is 1.59 bits per heavy atom. The second kappa shape index (κ2) is 9.15. The zero-order chi connectivity index (χ0) is 22.7. The van der Waals surface area contributed by atoms with E-state index in [4.69, 9.17) is 0 Å². The minimum atomic E-state index is -0.585. The summed E-state index contributed by atoms with van der Waals surface area (Å²) in [6.07, 6.45) is 1.85. The van der Waals surface area contributed by atoms with Crippen molar-refractivity contribution in [3.63, 3.8) is 0 Å². The zero-order valence-electron chi connectivity index (χ0n) is 18.8. The zero-order valence-corrected chi connectivity index (χ0v) is 18.8. The van der Waals surface area contributed by atoms with Crippen molar-refractivity contribution in [1.82, 2.24) is 15.1 Å². The minimum Gasteiger partial charge on any atom is -0.352 e. The van der Waals surface area contributed by atoms with Gasteiger partial charge < -0.3 is 15.1 Å². The Labute approximate surface area is 189 Å². The smallest absolute Gasteiger partial charge is 0.253 e. The number of rotatable bonds is 4. The first-order valence-electron chi connectivity index (χ1n) is 11.4. The van der Waals surface area contributed by atoms with Crippen LogP contribution in [0, 0.1) is 5.41 Å². The molecule has 2 aromatic carbocycles. The van der Waals surface area contributed by atoms with Crippen molar-refractivity contribution in [3.8, 4) is 0 Å². The fourth-order valence-corrected chi connectivity index (χ4v) is 4.90. The first-order chi connectivity index (χ1) is 15.4. The average molecular weight is 434 g/mol. The standard InChI is InChI=1S/C26H31N3O3/c1-19(2)27-23(30)18-29-17-22-11-7-6-10-21(22)16-26(25(29)32)12-14-28(15-13-26)24(31)20-8-4-3-5-9-20/h3-11,19H,12-18H2,1-2H3,(H,27,30). The monoisotopic (exact) mass is 433 g/mol. The molecular formula is C26H31N3O3. The number of amides is 3. The summed E-state index contributed by atoms with van der Waals surface area (Å²) in [5.41, 5.74) is 2.35. The van der Waals surface area contributed by atoms with E-state index in [1.807, 2.05) is 67.3 Å². The summed E-state index contributed by atoms with van der Waals surface area (Å²) in [5.74, 6) is -0.103. The second-order valence-corrected chi connectivity index (χ2v) is 9.27. The number of piperidine rings is 1. The summed E-state index contributed by atoms with van der Waals surface area (Å²) in [7, 11) is 0. The highest BCUT2D eigenvalue weighted by atomic mass is 16.2. The van der Waals surface area contributed by atoms with Crippen molar-refractivity contribution in [2.24, 2.45) is 5.41 Å². The van der Waals surface area contributed by atoms with Gasteiger partial charge in [0.05, 0.1) is 12.0 Å². The Kier molecular flexibility index (Phi) is 6.31. The number of benzene rings is 2. The number of nitrogens with zero attached hydrogens (tertiary/aromatic N) is 2. The summed E-state index contributed by atoms with van der Waals surface area (Å²) in [6.45, 7) is 5.40. The summed E-state index contributed by atoms with van der Waals surface area (Å²) in [6, 6.07) is 17.4. The van der Waals surface area contributed by atoms with Crippen molar-refractivity contribution in [2.45, 2.75) is 45.7 Å². The number of nitrogens with one attached hydrogen (secondary N) is 1. The molecule has 0 saturated carbocycles. The molecule has 6 nitrogen and oxygen atoms in total. The summed E-state index contributed by atoms with van der Waals surface area (Å²) >= 11 is 0. The molecule has 0 unspecified atom stereocenters. The molecule has 1 N–H and O–H groups in total. The molecule has 2 aliphatic heterocycles. The van der Waals surface area contributed by atoms with Crippen LogP contribution in [-0.4, -0.2) is 53.2 Å². The Bertz CT molecular complexity index is 994. The molecule has 0 radical (unpaired) electrons. The van der Waals surface area contributed by atoms with Gasteiger partial charge in [-0.3, -0.25) is 14.4 Å².